The summed E-state index contributed by atoms with van der Waals surface area (Å²) in [5.74, 6) is -2.78. The molecule has 12 heteroatoms. The molecule has 0 aromatic carbocycles. The predicted octanol–water partition coefficient (Wildman–Crippen LogP) is 0.864. The monoisotopic (exact) mass is 575 g/mol. The van der Waals surface area contributed by atoms with Gasteiger partial charge < -0.3 is 31.3 Å². The molecule has 4 rings (SSSR count). The number of nitrogens with two attached hydrogens (primary N) is 1. The molecule has 0 aromatic heterocycles. The summed E-state index contributed by atoms with van der Waals surface area (Å²) in [6.45, 7) is 14.7. The van der Waals surface area contributed by atoms with E-state index in [-0.39, 0.29) is 29.7 Å². The Balaban J connectivity index is 1.51. The van der Waals surface area contributed by atoms with Crippen LogP contribution < -0.4 is 21.7 Å². The van der Waals surface area contributed by atoms with Crippen molar-refractivity contribution in [1.82, 2.24) is 20.9 Å². The average molecular weight is 576 g/mol. The SMILES string of the molecule is CC(C)(C)OC(=O)CNC(=O)N[C@H](C(=O)N1C[C@@H]2C3C(C)(C)C32[C@H]1C(=O)NC(CC1CC1)C(=O)C(N)=O)C(C)(C)C. The van der Waals surface area contributed by atoms with Gasteiger partial charge in [0.1, 0.15) is 24.2 Å². The number of carbonyl (C=O) groups excluding carboxylic acids is 6. The molecule has 12 nitrogen and oxygen atoms in total. The van der Waals surface area contributed by atoms with Crippen LogP contribution in [0, 0.1) is 34.0 Å². The number of primary amides is 1. The van der Waals surface area contributed by atoms with Crippen LogP contribution in [-0.2, 0) is 28.7 Å². The Labute approximate surface area is 241 Å². The minimum atomic E-state index is -1.10. The van der Waals surface area contributed by atoms with Crippen molar-refractivity contribution in [3.05, 3.63) is 0 Å². The number of hydrogen-bond acceptors (Lipinski definition) is 7. The molecule has 1 saturated heterocycles. The van der Waals surface area contributed by atoms with E-state index in [1.807, 2.05) is 0 Å². The molecule has 0 bridgehead atoms. The van der Waals surface area contributed by atoms with Crippen molar-refractivity contribution in [2.75, 3.05) is 13.1 Å². The zero-order valence-electron chi connectivity index (χ0n) is 25.4. The summed E-state index contributed by atoms with van der Waals surface area (Å²) in [6.07, 6.45) is 2.17. The Bertz CT molecular complexity index is 1170. The number of carbonyl (C=O) groups is 6. The Kier molecular flexibility index (Phi) is 7.49. The van der Waals surface area contributed by atoms with E-state index >= 15 is 0 Å². The number of Topliss-reactive ketones (excluding diaryl/α,β-unsaturated/α-hetero) is 1. The molecule has 1 spiro atoms. The molecule has 6 atom stereocenters. The van der Waals surface area contributed by atoms with Crippen molar-refractivity contribution < 1.29 is 33.5 Å². The maximum absolute atomic E-state index is 14.1. The fourth-order valence-corrected chi connectivity index (χ4v) is 7.24. The molecular weight excluding hydrogens is 530 g/mol. The number of piperidine rings is 1. The van der Waals surface area contributed by atoms with Gasteiger partial charge in [-0.2, -0.15) is 0 Å². The van der Waals surface area contributed by atoms with Gasteiger partial charge in [0.2, 0.25) is 17.6 Å². The Morgan fingerprint density at radius 2 is 1.61 bits per heavy atom. The van der Waals surface area contributed by atoms with Gasteiger partial charge in [-0.15, -0.1) is 0 Å². The van der Waals surface area contributed by atoms with Crippen molar-refractivity contribution in [3.63, 3.8) is 0 Å². The average Bonchev–Trinajstić information content (AvgIpc) is 3.77. The number of ether oxygens (including phenoxy) is 1. The normalized spacial score (nSPS) is 28.8. The second-order valence-electron chi connectivity index (χ2n) is 14.8. The van der Waals surface area contributed by atoms with E-state index < -0.39 is 70.1 Å². The van der Waals surface area contributed by atoms with Gasteiger partial charge in [-0.3, -0.25) is 24.0 Å². The summed E-state index contributed by atoms with van der Waals surface area (Å²) >= 11 is 0. The van der Waals surface area contributed by atoms with E-state index in [0.717, 1.165) is 12.8 Å². The number of likely N-dealkylation sites (tertiary alicyclic amines) is 1. The molecule has 0 radical (unpaired) electrons. The zero-order chi connectivity index (χ0) is 30.9. The highest BCUT2D eigenvalue weighted by atomic mass is 16.6. The molecule has 3 unspecified atom stereocenters. The summed E-state index contributed by atoms with van der Waals surface area (Å²) in [5, 5.41) is 7.93. The number of fused-ring (bicyclic) bond motifs is 1. The fourth-order valence-electron chi connectivity index (χ4n) is 7.24. The van der Waals surface area contributed by atoms with Gasteiger partial charge in [0.05, 0.1) is 6.04 Å². The fraction of sp³-hybridized carbons (Fsp3) is 0.793. The van der Waals surface area contributed by atoms with Crippen LogP contribution in [0.2, 0.25) is 0 Å². The van der Waals surface area contributed by atoms with Crippen LogP contribution in [0.5, 0.6) is 0 Å². The van der Waals surface area contributed by atoms with E-state index in [1.165, 1.54) is 4.90 Å². The third kappa shape index (κ3) is 5.66. The second kappa shape index (κ2) is 9.97. The lowest BCUT2D eigenvalue weighted by atomic mass is 9.83. The first-order chi connectivity index (χ1) is 18.7. The van der Waals surface area contributed by atoms with Crippen LogP contribution in [0.3, 0.4) is 0 Å². The van der Waals surface area contributed by atoms with Crippen molar-refractivity contribution >= 4 is 35.5 Å². The Morgan fingerprint density at radius 1 is 1.00 bits per heavy atom. The summed E-state index contributed by atoms with van der Waals surface area (Å²) in [5.41, 5.74) is 3.26. The number of esters is 1. The summed E-state index contributed by atoms with van der Waals surface area (Å²) in [7, 11) is 0. The molecule has 0 aromatic rings. The number of nitrogens with one attached hydrogen (secondary N) is 3. The lowest BCUT2D eigenvalue weighted by Gasteiger charge is -2.37. The Hall–Kier alpha value is -3.18. The molecular formula is C29H45N5O7. The first kappa shape index (κ1) is 30.8. The smallest absolute Gasteiger partial charge is 0.325 e. The molecule has 3 aliphatic carbocycles. The molecule has 4 aliphatic rings. The van der Waals surface area contributed by atoms with Gasteiger partial charge in [-0.25, -0.2) is 4.79 Å². The molecule has 41 heavy (non-hydrogen) atoms. The number of amides is 5. The highest BCUT2D eigenvalue weighted by molar-refractivity contribution is 6.37. The third-order valence-corrected chi connectivity index (χ3v) is 9.26. The number of urea groups is 1. The lowest BCUT2D eigenvalue weighted by molar-refractivity contribution is -0.153. The van der Waals surface area contributed by atoms with Gasteiger partial charge >= 0.3 is 12.0 Å². The van der Waals surface area contributed by atoms with Gasteiger partial charge in [0.15, 0.2) is 0 Å². The van der Waals surface area contributed by atoms with Gasteiger partial charge in [-0.05, 0) is 55.8 Å². The quantitative estimate of drug-likeness (QED) is 0.220. The van der Waals surface area contributed by atoms with Crippen LogP contribution in [-0.4, -0.2) is 77.2 Å². The zero-order valence-corrected chi connectivity index (χ0v) is 25.4. The molecule has 228 valence electrons. The lowest BCUT2D eigenvalue weighted by Crippen LogP contribution is -2.61. The second-order valence-corrected chi connectivity index (χ2v) is 14.8. The highest BCUT2D eigenvalue weighted by Crippen LogP contribution is 2.95. The largest absolute Gasteiger partial charge is 0.459 e. The molecule has 5 N–H and O–H groups in total. The number of hydrogen-bond donors (Lipinski definition) is 4. The van der Waals surface area contributed by atoms with Crippen LogP contribution in [0.1, 0.15) is 74.7 Å². The minimum absolute atomic E-state index is 0.146. The molecule has 1 heterocycles. The standard InChI is InChI=1S/C29H45N5O7/c1-26(2,3)20(33-25(40)31-12-17(35)41-27(4,5)6)24(39)34-13-15-19-28(7,8)29(15,19)21(34)23(38)32-16(11-14-9-10-14)18(36)22(30)37/h14-16,19-21H,9-13H2,1-8H3,(H2,30,37)(H,32,38)(H2,31,33,40)/t15-,16?,19?,20-,21-,29?/m1/s1. The first-order valence-electron chi connectivity index (χ1n) is 14.4. The summed E-state index contributed by atoms with van der Waals surface area (Å²) in [6, 6.07) is -3.61. The molecule has 3 saturated carbocycles. The first-order valence-corrected chi connectivity index (χ1v) is 14.4. The number of rotatable bonds is 10. The van der Waals surface area contributed by atoms with E-state index in [9.17, 15) is 28.8 Å². The predicted molar refractivity (Wildman–Crippen MR) is 148 cm³/mol. The van der Waals surface area contributed by atoms with Gasteiger partial charge in [-0.1, -0.05) is 47.5 Å². The number of ketones is 1. The summed E-state index contributed by atoms with van der Waals surface area (Å²) in [4.78, 5) is 78.6. The van der Waals surface area contributed by atoms with Gasteiger partial charge in [0, 0.05) is 12.0 Å². The van der Waals surface area contributed by atoms with Gasteiger partial charge in [0.25, 0.3) is 5.91 Å². The number of nitrogens with zero attached hydrogens (tertiary/aromatic N) is 1. The van der Waals surface area contributed by atoms with E-state index in [1.54, 1.807) is 41.5 Å². The van der Waals surface area contributed by atoms with E-state index in [4.69, 9.17) is 10.5 Å². The summed E-state index contributed by atoms with van der Waals surface area (Å²) < 4.78 is 5.22. The van der Waals surface area contributed by atoms with Crippen molar-refractivity contribution in [2.45, 2.75) is 98.4 Å². The van der Waals surface area contributed by atoms with Crippen LogP contribution >= 0.6 is 0 Å². The molecule has 4 fully saturated rings. The molecule has 5 amide bonds. The topological polar surface area (TPSA) is 177 Å². The maximum Gasteiger partial charge on any atom is 0.325 e. The molecule has 1 aliphatic heterocycles. The van der Waals surface area contributed by atoms with Crippen LogP contribution in [0.4, 0.5) is 4.79 Å². The van der Waals surface area contributed by atoms with Crippen molar-refractivity contribution in [3.8, 4) is 0 Å². The third-order valence-electron chi connectivity index (χ3n) is 9.26. The van der Waals surface area contributed by atoms with Crippen molar-refractivity contribution in [2.24, 2.45) is 39.7 Å². The maximum atomic E-state index is 14.1. The Morgan fingerprint density at radius 3 is 2.10 bits per heavy atom. The highest BCUT2D eigenvalue weighted by Gasteiger charge is 2.97. The van der Waals surface area contributed by atoms with Crippen LogP contribution in [0.25, 0.3) is 0 Å². The van der Waals surface area contributed by atoms with Crippen molar-refractivity contribution in [1.29, 1.82) is 0 Å². The van der Waals surface area contributed by atoms with Crippen LogP contribution in [0.15, 0.2) is 0 Å². The van der Waals surface area contributed by atoms with E-state index in [0.29, 0.717) is 13.0 Å². The van der Waals surface area contributed by atoms with E-state index in [2.05, 4.69) is 29.8 Å². The minimum Gasteiger partial charge on any atom is -0.459 e.